The lowest BCUT2D eigenvalue weighted by molar-refractivity contribution is -0.147. The second-order valence-electron chi connectivity index (χ2n) is 4.81. The SMILES string of the molecule is COC(=O)CN(C)C(=O)C1CC(=O)N(C(C)C)C1. The molecule has 1 unspecified atom stereocenters. The van der Waals surface area contributed by atoms with Gasteiger partial charge in [0, 0.05) is 26.1 Å². The van der Waals surface area contributed by atoms with E-state index in [0.717, 1.165) is 0 Å². The minimum atomic E-state index is -0.462. The molecule has 18 heavy (non-hydrogen) atoms. The fourth-order valence-electron chi connectivity index (χ4n) is 2.04. The molecule has 0 aromatic rings. The zero-order valence-electron chi connectivity index (χ0n) is 11.3. The molecule has 1 heterocycles. The highest BCUT2D eigenvalue weighted by atomic mass is 16.5. The number of hydrogen-bond acceptors (Lipinski definition) is 4. The van der Waals surface area contributed by atoms with Crippen LogP contribution in [0.4, 0.5) is 0 Å². The number of likely N-dealkylation sites (N-methyl/N-ethyl adjacent to an activating group) is 1. The summed E-state index contributed by atoms with van der Waals surface area (Å²) in [5.41, 5.74) is 0. The Labute approximate surface area is 107 Å². The van der Waals surface area contributed by atoms with Crippen molar-refractivity contribution in [2.24, 2.45) is 5.92 Å². The summed E-state index contributed by atoms with van der Waals surface area (Å²) in [6.07, 6.45) is 0.225. The molecule has 1 atom stereocenters. The number of methoxy groups -OCH3 is 1. The number of ether oxygens (including phenoxy) is 1. The van der Waals surface area contributed by atoms with Crippen molar-refractivity contribution in [3.63, 3.8) is 0 Å². The number of amides is 2. The van der Waals surface area contributed by atoms with Gasteiger partial charge in [0.2, 0.25) is 11.8 Å². The molecule has 0 aromatic carbocycles. The van der Waals surface area contributed by atoms with Gasteiger partial charge in [0.1, 0.15) is 6.54 Å². The maximum Gasteiger partial charge on any atom is 0.325 e. The van der Waals surface area contributed by atoms with E-state index in [0.29, 0.717) is 6.54 Å². The van der Waals surface area contributed by atoms with Crippen LogP contribution in [0, 0.1) is 5.92 Å². The van der Waals surface area contributed by atoms with E-state index in [1.807, 2.05) is 13.8 Å². The summed E-state index contributed by atoms with van der Waals surface area (Å²) in [5.74, 6) is -1.00. The fourth-order valence-corrected chi connectivity index (χ4v) is 2.04. The van der Waals surface area contributed by atoms with Crippen molar-refractivity contribution in [3.8, 4) is 0 Å². The van der Waals surface area contributed by atoms with Gasteiger partial charge < -0.3 is 14.5 Å². The van der Waals surface area contributed by atoms with Gasteiger partial charge in [-0.25, -0.2) is 0 Å². The lowest BCUT2D eigenvalue weighted by atomic mass is 10.1. The molecule has 0 spiro atoms. The van der Waals surface area contributed by atoms with E-state index in [-0.39, 0.29) is 36.7 Å². The molecule has 6 nitrogen and oxygen atoms in total. The van der Waals surface area contributed by atoms with E-state index >= 15 is 0 Å². The summed E-state index contributed by atoms with van der Waals surface area (Å²) in [6, 6.07) is 0.0983. The summed E-state index contributed by atoms with van der Waals surface area (Å²) in [4.78, 5) is 37.8. The van der Waals surface area contributed by atoms with E-state index in [9.17, 15) is 14.4 Å². The Balaban J connectivity index is 2.59. The second-order valence-corrected chi connectivity index (χ2v) is 4.81. The predicted octanol–water partition coefficient (Wildman–Crippen LogP) is -0.125. The molecule has 1 fully saturated rings. The first kappa shape index (κ1) is 14.5. The van der Waals surface area contributed by atoms with Crippen LogP contribution in [-0.4, -0.2) is 60.9 Å². The lowest BCUT2D eigenvalue weighted by Crippen LogP contribution is -2.39. The van der Waals surface area contributed by atoms with Crippen LogP contribution >= 0.6 is 0 Å². The summed E-state index contributed by atoms with van der Waals surface area (Å²) in [5, 5.41) is 0. The average molecular weight is 256 g/mol. The van der Waals surface area contributed by atoms with Crippen molar-refractivity contribution in [3.05, 3.63) is 0 Å². The van der Waals surface area contributed by atoms with Crippen LogP contribution < -0.4 is 0 Å². The van der Waals surface area contributed by atoms with E-state index in [1.54, 1.807) is 11.9 Å². The Bertz CT molecular complexity index is 354. The quantitative estimate of drug-likeness (QED) is 0.657. The molecule has 0 saturated carbocycles. The fraction of sp³-hybridized carbons (Fsp3) is 0.750. The number of hydrogen-bond donors (Lipinski definition) is 0. The Morgan fingerprint density at radius 1 is 1.50 bits per heavy atom. The van der Waals surface area contributed by atoms with E-state index < -0.39 is 5.97 Å². The Morgan fingerprint density at radius 2 is 2.11 bits per heavy atom. The number of nitrogens with zero attached hydrogens (tertiary/aromatic N) is 2. The number of rotatable bonds is 4. The zero-order valence-corrected chi connectivity index (χ0v) is 11.3. The molecule has 1 rings (SSSR count). The second kappa shape index (κ2) is 5.84. The minimum absolute atomic E-state index is 0.00480. The van der Waals surface area contributed by atoms with Gasteiger partial charge in [-0.1, -0.05) is 0 Å². The smallest absolute Gasteiger partial charge is 0.325 e. The zero-order chi connectivity index (χ0) is 13.9. The van der Waals surface area contributed by atoms with Gasteiger partial charge >= 0.3 is 5.97 Å². The van der Waals surface area contributed by atoms with Crippen LogP contribution in [0.2, 0.25) is 0 Å². The van der Waals surface area contributed by atoms with Crippen molar-refractivity contribution < 1.29 is 19.1 Å². The first-order valence-corrected chi connectivity index (χ1v) is 5.98. The highest BCUT2D eigenvalue weighted by Gasteiger charge is 2.36. The number of carbonyl (C=O) groups excluding carboxylic acids is 3. The van der Waals surface area contributed by atoms with Gasteiger partial charge in [-0.15, -0.1) is 0 Å². The maximum absolute atomic E-state index is 12.0. The standard InChI is InChI=1S/C12H20N2O4/c1-8(2)14-6-9(5-10(14)15)12(17)13(3)7-11(16)18-4/h8-9H,5-7H2,1-4H3. The van der Waals surface area contributed by atoms with Crippen LogP contribution in [0.3, 0.4) is 0 Å². The van der Waals surface area contributed by atoms with Crippen LogP contribution in [0.15, 0.2) is 0 Å². The first-order chi connectivity index (χ1) is 8.36. The Kier molecular flexibility index (Phi) is 4.69. The summed E-state index contributed by atoms with van der Waals surface area (Å²) < 4.78 is 4.50. The molecule has 0 bridgehead atoms. The van der Waals surface area contributed by atoms with Crippen LogP contribution in [0.1, 0.15) is 20.3 Å². The molecule has 0 aliphatic carbocycles. The van der Waals surface area contributed by atoms with Gasteiger partial charge in [-0.2, -0.15) is 0 Å². The Hall–Kier alpha value is -1.59. The van der Waals surface area contributed by atoms with Crippen molar-refractivity contribution in [1.29, 1.82) is 0 Å². The van der Waals surface area contributed by atoms with Gasteiger partial charge in [-0.05, 0) is 13.8 Å². The van der Waals surface area contributed by atoms with Gasteiger partial charge in [0.15, 0.2) is 0 Å². The van der Waals surface area contributed by atoms with Gasteiger partial charge in [0.05, 0.1) is 13.0 Å². The van der Waals surface area contributed by atoms with E-state index in [1.165, 1.54) is 12.0 Å². The predicted molar refractivity (Wildman–Crippen MR) is 64.6 cm³/mol. The van der Waals surface area contributed by atoms with E-state index in [4.69, 9.17) is 0 Å². The molecule has 1 aliphatic heterocycles. The number of carbonyl (C=O) groups is 3. The minimum Gasteiger partial charge on any atom is -0.468 e. The molecule has 0 radical (unpaired) electrons. The number of likely N-dealkylation sites (tertiary alicyclic amines) is 1. The summed E-state index contributed by atoms with van der Waals surface area (Å²) >= 11 is 0. The molecule has 1 aliphatic rings. The molecule has 6 heteroatoms. The Morgan fingerprint density at radius 3 is 2.56 bits per heavy atom. The van der Waals surface area contributed by atoms with E-state index in [2.05, 4.69) is 4.74 Å². The normalized spacial score (nSPS) is 19.3. The van der Waals surface area contributed by atoms with Crippen LogP contribution in [0.5, 0.6) is 0 Å². The van der Waals surface area contributed by atoms with Crippen molar-refractivity contribution in [1.82, 2.24) is 9.80 Å². The maximum atomic E-state index is 12.0. The van der Waals surface area contributed by atoms with Gasteiger partial charge in [0.25, 0.3) is 0 Å². The molecule has 1 saturated heterocycles. The topological polar surface area (TPSA) is 66.9 Å². The van der Waals surface area contributed by atoms with Crippen molar-refractivity contribution in [2.45, 2.75) is 26.3 Å². The third-order valence-electron chi connectivity index (χ3n) is 3.10. The molecule has 0 N–H and O–H groups in total. The highest BCUT2D eigenvalue weighted by molar-refractivity contribution is 5.90. The van der Waals surface area contributed by atoms with Crippen LogP contribution in [0.25, 0.3) is 0 Å². The highest BCUT2D eigenvalue weighted by Crippen LogP contribution is 2.21. The first-order valence-electron chi connectivity index (χ1n) is 5.98. The van der Waals surface area contributed by atoms with Crippen molar-refractivity contribution >= 4 is 17.8 Å². The molecule has 102 valence electrons. The lowest BCUT2D eigenvalue weighted by Gasteiger charge is -2.22. The summed E-state index contributed by atoms with van der Waals surface area (Å²) in [7, 11) is 2.82. The molecule has 2 amide bonds. The number of esters is 1. The van der Waals surface area contributed by atoms with Crippen LogP contribution in [-0.2, 0) is 19.1 Å². The monoisotopic (exact) mass is 256 g/mol. The summed E-state index contributed by atoms with van der Waals surface area (Å²) in [6.45, 7) is 4.19. The largest absolute Gasteiger partial charge is 0.468 e. The average Bonchev–Trinajstić information content (AvgIpc) is 2.70. The molecular formula is C12H20N2O4. The molecular weight excluding hydrogens is 236 g/mol. The van der Waals surface area contributed by atoms with Gasteiger partial charge in [-0.3, -0.25) is 14.4 Å². The third kappa shape index (κ3) is 3.21. The van der Waals surface area contributed by atoms with Crippen molar-refractivity contribution in [2.75, 3.05) is 27.2 Å². The molecule has 0 aromatic heterocycles. The third-order valence-corrected chi connectivity index (χ3v) is 3.10.